The molecule has 0 amide bonds. The standard InChI is InChI=1S/C19H28F2/c1-3-5-7-14-8-10-15(11-9-14)16-12-18(20)17(6-4-2)19(21)13-16/h12-15H,3-11H2,1-2H3/t14-,15-. The maximum atomic E-state index is 14.1. The zero-order chi connectivity index (χ0) is 15.2. The summed E-state index contributed by atoms with van der Waals surface area (Å²) < 4.78 is 28.1. The van der Waals surface area contributed by atoms with Crippen LogP contribution in [0.2, 0.25) is 0 Å². The highest BCUT2D eigenvalue weighted by Gasteiger charge is 2.23. The molecule has 0 N–H and O–H groups in total. The largest absolute Gasteiger partial charge is 0.207 e. The van der Waals surface area contributed by atoms with Crippen LogP contribution in [0.4, 0.5) is 8.78 Å². The van der Waals surface area contributed by atoms with Crippen molar-refractivity contribution in [3.05, 3.63) is 34.9 Å². The van der Waals surface area contributed by atoms with Gasteiger partial charge in [-0.3, -0.25) is 0 Å². The van der Waals surface area contributed by atoms with Crippen molar-refractivity contribution in [2.24, 2.45) is 5.92 Å². The lowest BCUT2D eigenvalue weighted by molar-refractivity contribution is 0.303. The normalized spacial score (nSPS) is 22.5. The van der Waals surface area contributed by atoms with Gasteiger partial charge in [-0.25, -0.2) is 8.78 Å². The molecular weight excluding hydrogens is 266 g/mol. The Morgan fingerprint density at radius 3 is 2.10 bits per heavy atom. The number of hydrogen-bond donors (Lipinski definition) is 0. The van der Waals surface area contributed by atoms with Crippen LogP contribution in [0.1, 0.15) is 82.3 Å². The quantitative estimate of drug-likeness (QED) is 0.571. The van der Waals surface area contributed by atoms with E-state index in [1.165, 1.54) is 32.1 Å². The van der Waals surface area contributed by atoms with Crippen LogP contribution in [0.15, 0.2) is 12.1 Å². The summed E-state index contributed by atoms with van der Waals surface area (Å²) in [5.41, 5.74) is 1.14. The molecule has 0 nitrogen and oxygen atoms in total. The van der Waals surface area contributed by atoms with Crippen molar-refractivity contribution in [2.45, 2.75) is 77.6 Å². The minimum absolute atomic E-state index is 0.262. The summed E-state index contributed by atoms with van der Waals surface area (Å²) in [4.78, 5) is 0. The van der Waals surface area contributed by atoms with Gasteiger partial charge in [0.05, 0.1) is 0 Å². The smallest absolute Gasteiger partial charge is 0.129 e. The van der Waals surface area contributed by atoms with Gasteiger partial charge in [-0.2, -0.15) is 0 Å². The molecule has 21 heavy (non-hydrogen) atoms. The van der Waals surface area contributed by atoms with Crippen molar-refractivity contribution in [3.8, 4) is 0 Å². The Morgan fingerprint density at radius 2 is 1.57 bits per heavy atom. The summed E-state index contributed by atoms with van der Waals surface area (Å²) in [5.74, 6) is 0.484. The first kappa shape index (κ1) is 16.5. The lowest BCUT2D eigenvalue weighted by atomic mass is 9.77. The molecule has 0 radical (unpaired) electrons. The Kier molecular flexibility index (Phi) is 6.20. The lowest BCUT2D eigenvalue weighted by Gasteiger charge is -2.29. The van der Waals surface area contributed by atoms with Gasteiger partial charge in [-0.05, 0) is 61.6 Å². The monoisotopic (exact) mass is 294 g/mol. The molecule has 0 spiro atoms. The van der Waals surface area contributed by atoms with Crippen molar-refractivity contribution < 1.29 is 8.78 Å². The van der Waals surface area contributed by atoms with Crippen molar-refractivity contribution in [1.82, 2.24) is 0 Å². The van der Waals surface area contributed by atoms with Gasteiger partial charge in [-0.1, -0.05) is 39.5 Å². The highest BCUT2D eigenvalue weighted by molar-refractivity contribution is 5.29. The molecule has 1 aromatic rings. The van der Waals surface area contributed by atoms with Gasteiger partial charge in [0, 0.05) is 5.56 Å². The fraction of sp³-hybridized carbons (Fsp3) is 0.684. The number of benzene rings is 1. The molecule has 0 unspecified atom stereocenters. The summed E-state index contributed by atoms with van der Waals surface area (Å²) in [7, 11) is 0. The van der Waals surface area contributed by atoms with Gasteiger partial charge in [0.2, 0.25) is 0 Å². The molecule has 118 valence electrons. The number of halogens is 2. The van der Waals surface area contributed by atoms with E-state index in [0.29, 0.717) is 12.3 Å². The van der Waals surface area contributed by atoms with Gasteiger partial charge in [0.1, 0.15) is 11.6 Å². The summed E-state index contributed by atoms with van der Waals surface area (Å²) in [6.07, 6.45) is 9.74. The predicted octanol–water partition coefficient (Wildman–Crippen LogP) is 6.38. The maximum Gasteiger partial charge on any atom is 0.129 e. The second-order valence-electron chi connectivity index (χ2n) is 6.57. The fourth-order valence-electron chi connectivity index (χ4n) is 3.62. The third-order valence-corrected chi connectivity index (χ3v) is 4.95. The maximum absolute atomic E-state index is 14.1. The molecule has 0 saturated heterocycles. The van der Waals surface area contributed by atoms with Crippen LogP contribution in [0, 0.1) is 17.6 Å². The van der Waals surface area contributed by atoms with E-state index in [0.717, 1.165) is 30.7 Å². The van der Waals surface area contributed by atoms with E-state index in [-0.39, 0.29) is 17.2 Å². The van der Waals surface area contributed by atoms with E-state index >= 15 is 0 Å². The van der Waals surface area contributed by atoms with Crippen LogP contribution in [0.5, 0.6) is 0 Å². The molecule has 0 atom stereocenters. The molecule has 0 aliphatic heterocycles. The molecule has 0 heterocycles. The van der Waals surface area contributed by atoms with E-state index < -0.39 is 0 Å². The molecule has 1 aliphatic rings. The average molecular weight is 294 g/mol. The zero-order valence-corrected chi connectivity index (χ0v) is 13.4. The van der Waals surface area contributed by atoms with Crippen molar-refractivity contribution in [1.29, 1.82) is 0 Å². The third kappa shape index (κ3) is 4.28. The van der Waals surface area contributed by atoms with E-state index in [1.807, 2.05) is 6.92 Å². The first-order chi connectivity index (χ1) is 10.2. The molecular formula is C19H28F2. The van der Waals surface area contributed by atoms with E-state index in [1.54, 1.807) is 12.1 Å². The SMILES string of the molecule is CCCC[C@H]1CC[C@H](c2cc(F)c(CCC)c(F)c2)CC1. The second-order valence-corrected chi connectivity index (χ2v) is 6.57. The van der Waals surface area contributed by atoms with Gasteiger partial charge in [0.15, 0.2) is 0 Å². The number of hydrogen-bond acceptors (Lipinski definition) is 0. The Balaban J connectivity index is 2.00. The van der Waals surface area contributed by atoms with Crippen molar-refractivity contribution in [3.63, 3.8) is 0 Å². The third-order valence-electron chi connectivity index (χ3n) is 4.95. The predicted molar refractivity (Wildman–Crippen MR) is 84.6 cm³/mol. The minimum Gasteiger partial charge on any atom is -0.207 e. The van der Waals surface area contributed by atoms with Crippen LogP contribution in [0.3, 0.4) is 0 Å². The van der Waals surface area contributed by atoms with E-state index in [9.17, 15) is 8.78 Å². The molecule has 1 saturated carbocycles. The first-order valence-corrected chi connectivity index (χ1v) is 8.63. The van der Waals surface area contributed by atoms with Crippen molar-refractivity contribution in [2.75, 3.05) is 0 Å². The lowest BCUT2D eigenvalue weighted by Crippen LogP contribution is -2.14. The number of unbranched alkanes of at least 4 members (excludes halogenated alkanes) is 1. The Labute approximate surface area is 128 Å². The summed E-state index contributed by atoms with van der Waals surface area (Å²) in [6.45, 7) is 4.18. The van der Waals surface area contributed by atoms with Crippen molar-refractivity contribution >= 4 is 0 Å². The van der Waals surface area contributed by atoms with Crippen LogP contribution in [-0.4, -0.2) is 0 Å². The topological polar surface area (TPSA) is 0 Å². The highest BCUT2D eigenvalue weighted by atomic mass is 19.1. The summed E-state index contributed by atoms with van der Waals surface area (Å²) >= 11 is 0. The van der Waals surface area contributed by atoms with Crippen LogP contribution >= 0.6 is 0 Å². The summed E-state index contributed by atoms with van der Waals surface area (Å²) in [5, 5.41) is 0. The van der Waals surface area contributed by atoms with Crippen LogP contribution in [0.25, 0.3) is 0 Å². The molecule has 0 aromatic heterocycles. The zero-order valence-electron chi connectivity index (χ0n) is 13.4. The molecule has 1 aromatic carbocycles. The molecule has 2 heteroatoms. The van der Waals surface area contributed by atoms with Gasteiger partial charge < -0.3 is 0 Å². The number of rotatable bonds is 6. The fourth-order valence-corrected chi connectivity index (χ4v) is 3.62. The van der Waals surface area contributed by atoms with Gasteiger partial charge in [0.25, 0.3) is 0 Å². The Morgan fingerprint density at radius 1 is 0.952 bits per heavy atom. The van der Waals surface area contributed by atoms with E-state index in [4.69, 9.17) is 0 Å². The Bertz CT molecular complexity index is 422. The second kappa shape index (κ2) is 7.91. The molecule has 2 rings (SSSR count). The minimum atomic E-state index is -0.347. The summed E-state index contributed by atoms with van der Waals surface area (Å²) in [6, 6.07) is 3.18. The van der Waals surface area contributed by atoms with E-state index in [2.05, 4.69) is 6.92 Å². The highest BCUT2D eigenvalue weighted by Crippen LogP contribution is 2.38. The van der Waals surface area contributed by atoms with Gasteiger partial charge in [-0.15, -0.1) is 0 Å². The average Bonchev–Trinajstić information content (AvgIpc) is 2.49. The molecule has 1 aliphatic carbocycles. The first-order valence-electron chi connectivity index (χ1n) is 8.63. The Hall–Kier alpha value is -0.920. The molecule has 0 bridgehead atoms. The van der Waals surface area contributed by atoms with Gasteiger partial charge >= 0.3 is 0 Å². The van der Waals surface area contributed by atoms with Crippen LogP contribution < -0.4 is 0 Å². The molecule has 1 fully saturated rings. The van der Waals surface area contributed by atoms with Crippen LogP contribution in [-0.2, 0) is 6.42 Å².